The molecule has 2 nitrogen and oxygen atoms in total. The van der Waals surface area contributed by atoms with E-state index in [0.29, 0.717) is 5.92 Å². The molecule has 13 heavy (non-hydrogen) atoms. The van der Waals surface area contributed by atoms with Crippen molar-refractivity contribution in [2.75, 3.05) is 7.11 Å². The zero-order valence-electron chi connectivity index (χ0n) is 8.25. The Kier molecular flexibility index (Phi) is 2.03. The van der Waals surface area contributed by atoms with E-state index in [1.807, 2.05) is 13.0 Å². The first-order valence-electron chi connectivity index (χ1n) is 4.97. The predicted octanol–water partition coefficient (Wildman–Crippen LogP) is 1.95. The van der Waals surface area contributed by atoms with Crippen LogP contribution in [0.1, 0.15) is 26.2 Å². The summed E-state index contributed by atoms with van der Waals surface area (Å²) < 4.78 is 5.39. The van der Waals surface area contributed by atoms with Crippen molar-refractivity contribution in [2.45, 2.75) is 31.8 Å². The van der Waals surface area contributed by atoms with Gasteiger partial charge in [0.25, 0.3) is 0 Å². The minimum Gasteiger partial charge on any atom is -0.366 e. The average Bonchev–Trinajstić information content (AvgIpc) is 2.35. The van der Waals surface area contributed by atoms with Crippen LogP contribution in [0.15, 0.2) is 12.2 Å². The number of methoxy groups -OCH3 is 1. The van der Waals surface area contributed by atoms with Crippen LogP contribution in [0.5, 0.6) is 0 Å². The highest BCUT2D eigenvalue weighted by atomic mass is 16.5. The summed E-state index contributed by atoms with van der Waals surface area (Å²) in [6, 6.07) is 0. The summed E-state index contributed by atoms with van der Waals surface area (Å²) in [6.07, 6.45) is 7.11. The number of ether oxygens (including phenoxy) is 1. The van der Waals surface area contributed by atoms with Gasteiger partial charge in [-0.2, -0.15) is 0 Å². The first-order chi connectivity index (χ1) is 6.18. The van der Waals surface area contributed by atoms with Crippen LogP contribution in [0, 0.1) is 11.8 Å². The molecule has 3 rings (SSSR count). The molecule has 3 aliphatic rings. The Morgan fingerprint density at radius 3 is 2.92 bits per heavy atom. The number of fused-ring (bicyclic) bond motifs is 3. The summed E-state index contributed by atoms with van der Waals surface area (Å²) in [7, 11) is 1.64. The SMILES string of the molecule is CO[C@]12C=C[C@H](CC1)C[C@H](C)C2=O. The van der Waals surface area contributed by atoms with Crippen LogP contribution in [-0.4, -0.2) is 18.5 Å². The maximum absolute atomic E-state index is 12.0. The van der Waals surface area contributed by atoms with Crippen molar-refractivity contribution in [3.05, 3.63) is 12.2 Å². The van der Waals surface area contributed by atoms with Gasteiger partial charge in [-0.15, -0.1) is 0 Å². The number of rotatable bonds is 1. The molecular formula is C11H16O2. The first kappa shape index (κ1) is 8.95. The number of allylic oxidation sites excluding steroid dienone is 1. The van der Waals surface area contributed by atoms with Gasteiger partial charge in [-0.1, -0.05) is 13.0 Å². The van der Waals surface area contributed by atoms with Crippen LogP contribution in [-0.2, 0) is 9.53 Å². The Labute approximate surface area is 79.0 Å². The van der Waals surface area contributed by atoms with Crippen LogP contribution in [0.2, 0.25) is 0 Å². The fraction of sp³-hybridized carbons (Fsp3) is 0.727. The van der Waals surface area contributed by atoms with Gasteiger partial charge in [-0.3, -0.25) is 4.79 Å². The minimum absolute atomic E-state index is 0.155. The van der Waals surface area contributed by atoms with E-state index in [2.05, 4.69) is 6.08 Å². The third kappa shape index (κ3) is 1.24. The van der Waals surface area contributed by atoms with E-state index < -0.39 is 5.60 Å². The Morgan fingerprint density at radius 1 is 1.62 bits per heavy atom. The highest BCUT2D eigenvalue weighted by molar-refractivity contribution is 5.92. The highest BCUT2D eigenvalue weighted by Gasteiger charge is 2.44. The van der Waals surface area contributed by atoms with Gasteiger partial charge < -0.3 is 4.74 Å². The molecule has 2 bridgehead atoms. The number of ketones is 1. The molecule has 0 amide bonds. The molecule has 72 valence electrons. The number of carbonyl (C=O) groups excluding carboxylic acids is 1. The molecule has 0 N–H and O–H groups in total. The molecule has 0 aromatic rings. The average molecular weight is 180 g/mol. The van der Waals surface area contributed by atoms with Gasteiger partial charge in [0.1, 0.15) is 5.60 Å². The van der Waals surface area contributed by atoms with Crippen molar-refractivity contribution >= 4 is 5.78 Å². The van der Waals surface area contributed by atoms with Crippen molar-refractivity contribution in [3.63, 3.8) is 0 Å². The smallest absolute Gasteiger partial charge is 0.171 e. The molecule has 1 saturated carbocycles. The van der Waals surface area contributed by atoms with E-state index in [-0.39, 0.29) is 11.7 Å². The third-order valence-corrected chi connectivity index (χ3v) is 3.41. The normalized spacial score (nSPS) is 43.7. The number of Topliss-reactive ketones (excluding diaryl/α,β-unsaturated/α-hetero) is 1. The van der Waals surface area contributed by atoms with Crippen molar-refractivity contribution in [1.82, 2.24) is 0 Å². The second-order valence-corrected chi connectivity index (χ2v) is 4.25. The molecule has 0 saturated heterocycles. The molecule has 0 aliphatic heterocycles. The quantitative estimate of drug-likeness (QED) is 0.576. The van der Waals surface area contributed by atoms with Crippen molar-refractivity contribution in [3.8, 4) is 0 Å². The van der Waals surface area contributed by atoms with Crippen molar-refractivity contribution in [2.24, 2.45) is 11.8 Å². The molecule has 0 unspecified atom stereocenters. The van der Waals surface area contributed by atoms with E-state index in [1.54, 1.807) is 7.11 Å². The van der Waals surface area contributed by atoms with E-state index in [9.17, 15) is 4.79 Å². The fourth-order valence-corrected chi connectivity index (χ4v) is 2.52. The first-order valence-corrected chi connectivity index (χ1v) is 4.97. The van der Waals surface area contributed by atoms with Crippen LogP contribution in [0.4, 0.5) is 0 Å². The molecule has 0 heterocycles. The maximum atomic E-state index is 12.0. The predicted molar refractivity (Wildman–Crippen MR) is 50.4 cm³/mol. The standard InChI is InChI=1S/C11H16O2/c1-8-7-9-3-5-11(13-2,6-4-9)10(8)12/h3,5,8-9H,4,6-7H2,1-2H3/t8-,9+,11+/m0/s1. The third-order valence-electron chi connectivity index (χ3n) is 3.41. The van der Waals surface area contributed by atoms with E-state index in [1.165, 1.54) is 0 Å². The lowest BCUT2D eigenvalue weighted by atomic mass is 9.86. The van der Waals surface area contributed by atoms with Gasteiger partial charge in [-0.05, 0) is 31.3 Å². The summed E-state index contributed by atoms with van der Waals surface area (Å²) >= 11 is 0. The zero-order chi connectivity index (χ0) is 9.47. The Morgan fingerprint density at radius 2 is 2.38 bits per heavy atom. The van der Waals surface area contributed by atoms with Crippen LogP contribution in [0.3, 0.4) is 0 Å². The van der Waals surface area contributed by atoms with Gasteiger partial charge in [-0.25, -0.2) is 0 Å². The molecule has 0 radical (unpaired) electrons. The Bertz CT molecular complexity index is 257. The van der Waals surface area contributed by atoms with Gasteiger partial charge in [0.15, 0.2) is 5.78 Å². The summed E-state index contributed by atoms with van der Waals surface area (Å²) in [6.45, 7) is 2.02. The summed E-state index contributed by atoms with van der Waals surface area (Å²) in [4.78, 5) is 12.0. The van der Waals surface area contributed by atoms with Crippen molar-refractivity contribution < 1.29 is 9.53 Å². The molecule has 3 aliphatic carbocycles. The van der Waals surface area contributed by atoms with E-state index >= 15 is 0 Å². The molecule has 0 aromatic heterocycles. The number of hydrogen-bond acceptors (Lipinski definition) is 2. The molecule has 0 aromatic carbocycles. The minimum atomic E-state index is -0.577. The summed E-state index contributed by atoms with van der Waals surface area (Å²) in [5.74, 6) is 1.03. The van der Waals surface area contributed by atoms with Gasteiger partial charge in [0, 0.05) is 13.0 Å². The van der Waals surface area contributed by atoms with E-state index in [4.69, 9.17) is 4.74 Å². The summed E-state index contributed by atoms with van der Waals surface area (Å²) in [5, 5.41) is 0. The highest BCUT2D eigenvalue weighted by Crippen LogP contribution is 2.39. The van der Waals surface area contributed by atoms with Crippen LogP contribution >= 0.6 is 0 Å². The zero-order valence-corrected chi connectivity index (χ0v) is 8.25. The van der Waals surface area contributed by atoms with Gasteiger partial charge in [0.05, 0.1) is 0 Å². The molecular weight excluding hydrogens is 164 g/mol. The number of hydrogen-bond donors (Lipinski definition) is 0. The molecule has 2 heteroatoms. The van der Waals surface area contributed by atoms with Crippen LogP contribution in [0.25, 0.3) is 0 Å². The lowest BCUT2D eigenvalue weighted by Crippen LogP contribution is -2.41. The molecule has 0 spiro atoms. The second-order valence-electron chi connectivity index (χ2n) is 4.25. The Balaban J connectivity index is 2.38. The fourth-order valence-electron chi connectivity index (χ4n) is 2.52. The topological polar surface area (TPSA) is 26.3 Å². The largest absolute Gasteiger partial charge is 0.366 e. The maximum Gasteiger partial charge on any atom is 0.171 e. The van der Waals surface area contributed by atoms with Crippen LogP contribution < -0.4 is 0 Å². The van der Waals surface area contributed by atoms with E-state index in [0.717, 1.165) is 19.3 Å². The number of carbonyl (C=O) groups is 1. The lowest BCUT2D eigenvalue weighted by Gasteiger charge is -2.29. The Hall–Kier alpha value is -0.630. The second kappa shape index (κ2) is 2.95. The van der Waals surface area contributed by atoms with Gasteiger partial charge >= 0.3 is 0 Å². The molecule has 3 atom stereocenters. The van der Waals surface area contributed by atoms with Crippen molar-refractivity contribution in [1.29, 1.82) is 0 Å². The monoisotopic (exact) mass is 180 g/mol. The summed E-state index contributed by atoms with van der Waals surface area (Å²) in [5.41, 5.74) is -0.577. The lowest BCUT2D eigenvalue weighted by molar-refractivity contribution is -0.139. The molecule has 1 fully saturated rings. The van der Waals surface area contributed by atoms with Gasteiger partial charge in [0.2, 0.25) is 0 Å².